The minimum atomic E-state index is -0.517. The van der Waals surface area contributed by atoms with Crippen molar-refractivity contribution in [2.75, 3.05) is 5.32 Å². The van der Waals surface area contributed by atoms with Crippen molar-refractivity contribution < 1.29 is 14.3 Å². The molecule has 0 saturated heterocycles. The van der Waals surface area contributed by atoms with Crippen LogP contribution in [0.15, 0.2) is 40.9 Å². The third-order valence-electron chi connectivity index (χ3n) is 2.33. The molecule has 0 heterocycles. The Balaban J connectivity index is 2.25. The fourth-order valence-corrected chi connectivity index (χ4v) is 2.17. The van der Waals surface area contributed by atoms with Crippen LogP contribution in [0, 0.1) is 5.82 Å². The molecular formula is C13H8BrClFNO2. The van der Waals surface area contributed by atoms with Gasteiger partial charge in [0.05, 0.1) is 10.7 Å². The molecule has 2 aromatic carbocycles. The third kappa shape index (κ3) is 3.45. The molecule has 1 amide bonds. The molecule has 0 bridgehead atoms. The van der Waals surface area contributed by atoms with E-state index < -0.39 is 11.7 Å². The Labute approximate surface area is 122 Å². The summed E-state index contributed by atoms with van der Waals surface area (Å²) in [6.07, 6.45) is 0. The van der Waals surface area contributed by atoms with Gasteiger partial charge in [-0.2, -0.15) is 0 Å². The van der Waals surface area contributed by atoms with E-state index in [9.17, 15) is 14.3 Å². The van der Waals surface area contributed by atoms with Crippen LogP contribution in [0.2, 0.25) is 5.02 Å². The monoisotopic (exact) mass is 343 g/mol. The topological polar surface area (TPSA) is 49.3 Å². The van der Waals surface area contributed by atoms with Crippen molar-refractivity contribution in [3.05, 3.63) is 57.3 Å². The highest BCUT2D eigenvalue weighted by Gasteiger charge is 2.11. The predicted octanol–water partition coefficient (Wildman–Crippen LogP) is 4.20. The second-order valence-electron chi connectivity index (χ2n) is 3.78. The molecule has 0 radical (unpaired) electrons. The normalized spacial score (nSPS) is 10.3. The molecule has 0 aliphatic carbocycles. The van der Waals surface area contributed by atoms with Crippen LogP contribution in [0.3, 0.4) is 0 Å². The molecule has 98 valence electrons. The van der Waals surface area contributed by atoms with Gasteiger partial charge < -0.3 is 10.4 Å². The van der Waals surface area contributed by atoms with E-state index >= 15 is 0 Å². The van der Waals surface area contributed by atoms with Crippen LogP contribution < -0.4 is 5.32 Å². The number of nitrogens with one attached hydrogen (secondary N) is 1. The maximum absolute atomic E-state index is 13.2. The van der Waals surface area contributed by atoms with Crippen molar-refractivity contribution in [2.24, 2.45) is 0 Å². The average molecular weight is 345 g/mol. The standard InChI is InChI=1S/C13H8BrClFNO2/c14-8-3-7(4-9(16)5-8)13(19)17-12-2-1-10(18)6-11(12)15/h1-6,18H,(H,17,19). The average Bonchev–Trinajstić information content (AvgIpc) is 2.31. The van der Waals surface area contributed by atoms with Gasteiger partial charge >= 0.3 is 0 Å². The van der Waals surface area contributed by atoms with E-state index in [4.69, 9.17) is 11.6 Å². The van der Waals surface area contributed by atoms with Crippen molar-refractivity contribution in [1.82, 2.24) is 0 Å². The summed E-state index contributed by atoms with van der Waals surface area (Å²) in [6.45, 7) is 0. The van der Waals surface area contributed by atoms with E-state index in [1.807, 2.05) is 0 Å². The van der Waals surface area contributed by atoms with Crippen molar-refractivity contribution in [3.63, 3.8) is 0 Å². The lowest BCUT2D eigenvalue weighted by molar-refractivity contribution is 0.102. The maximum Gasteiger partial charge on any atom is 0.255 e. The van der Waals surface area contributed by atoms with Gasteiger partial charge in [0.25, 0.3) is 5.91 Å². The number of carbonyl (C=O) groups excluding carboxylic acids is 1. The van der Waals surface area contributed by atoms with E-state index in [0.717, 1.165) is 6.07 Å². The molecular weight excluding hydrogens is 337 g/mol. The van der Waals surface area contributed by atoms with Crippen molar-refractivity contribution in [1.29, 1.82) is 0 Å². The molecule has 0 spiro atoms. The maximum atomic E-state index is 13.2. The first-order valence-corrected chi connectivity index (χ1v) is 6.39. The van der Waals surface area contributed by atoms with Crippen LogP contribution in [0.5, 0.6) is 5.75 Å². The van der Waals surface area contributed by atoms with Crippen LogP contribution in [-0.2, 0) is 0 Å². The largest absolute Gasteiger partial charge is 0.508 e. The predicted molar refractivity (Wildman–Crippen MR) is 75.2 cm³/mol. The molecule has 0 aliphatic heterocycles. The molecule has 19 heavy (non-hydrogen) atoms. The van der Waals surface area contributed by atoms with Crippen LogP contribution >= 0.6 is 27.5 Å². The Morgan fingerprint density at radius 3 is 2.63 bits per heavy atom. The SMILES string of the molecule is O=C(Nc1ccc(O)cc1Cl)c1cc(F)cc(Br)c1. The zero-order chi connectivity index (χ0) is 14.0. The lowest BCUT2D eigenvalue weighted by atomic mass is 10.2. The van der Waals surface area contributed by atoms with Crippen LogP contribution in [-0.4, -0.2) is 11.0 Å². The Hall–Kier alpha value is -1.59. The fourth-order valence-electron chi connectivity index (χ4n) is 1.48. The molecule has 0 aromatic heterocycles. The van der Waals surface area contributed by atoms with Crippen LogP contribution in [0.4, 0.5) is 10.1 Å². The van der Waals surface area contributed by atoms with E-state index in [1.54, 1.807) is 0 Å². The third-order valence-corrected chi connectivity index (χ3v) is 3.10. The van der Waals surface area contributed by atoms with Crippen molar-refractivity contribution in [2.45, 2.75) is 0 Å². The number of carbonyl (C=O) groups is 1. The Morgan fingerprint density at radius 2 is 2.00 bits per heavy atom. The smallest absolute Gasteiger partial charge is 0.255 e. The molecule has 3 nitrogen and oxygen atoms in total. The molecule has 0 atom stereocenters. The molecule has 2 rings (SSSR count). The molecule has 2 N–H and O–H groups in total. The fraction of sp³-hybridized carbons (Fsp3) is 0. The van der Waals surface area contributed by atoms with Crippen LogP contribution in [0.25, 0.3) is 0 Å². The van der Waals surface area contributed by atoms with Gasteiger partial charge in [0.1, 0.15) is 11.6 Å². The highest BCUT2D eigenvalue weighted by Crippen LogP contribution is 2.26. The molecule has 0 fully saturated rings. The van der Waals surface area contributed by atoms with Crippen molar-refractivity contribution >= 4 is 39.1 Å². The van der Waals surface area contributed by atoms with Gasteiger partial charge in [-0.25, -0.2) is 4.39 Å². The zero-order valence-corrected chi connectivity index (χ0v) is 11.8. The Bertz CT molecular complexity index is 628. The van der Waals surface area contributed by atoms with Crippen LogP contribution in [0.1, 0.15) is 10.4 Å². The first kappa shape index (κ1) is 13.8. The Morgan fingerprint density at radius 1 is 1.26 bits per heavy atom. The summed E-state index contributed by atoms with van der Waals surface area (Å²) in [7, 11) is 0. The number of halogens is 3. The highest BCUT2D eigenvalue weighted by molar-refractivity contribution is 9.10. The van der Waals surface area contributed by atoms with Gasteiger partial charge in [-0.15, -0.1) is 0 Å². The second-order valence-corrected chi connectivity index (χ2v) is 5.10. The number of hydrogen-bond acceptors (Lipinski definition) is 2. The molecule has 0 aliphatic rings. The number of phenols is 1. The van der Waals surface area contributed by atoms with E-state index in [-0.39, 0.29) is 16.3 Å². The molecule has 6 heteroatoms. The lowest BCUT2D eigenvalue weighted by Crippen LogP contribution is -2.12. The number of amides is 1. The first-order chi connectivity index (χ1) is 8.95. The number of benzene rings is 2. The zero-order valence-electron chi connectivity index (χ0n) is 9.45. The van der Waals surface area contributed by atoms with E-state index in [1.165, 1.54) is 30.3 Å². The summed E-state index contributed by atoms with van der Waals surface area (Å²) in [6, 6.07) is 8.02. The summed E-state index contributed by atoms with van der Waals surface area (Å²) < 4.78 is 13.7. The number of anilines is 1. The van der Waals surface area contributed by atoms with Gasteiger partial charge in [-0.05, 0) is 30.3 Å². The second kappa shape index (κ2) is 5.59. The highest BCUT2D eigenvalue weighted by atomic mass is 79.9. The molecule has 0 unspecified atom stereocenters. The van der Waals surface area contributed by atoms with Gasteiger partial charge in [0, 0.05) is 16.1 Å². The molecule has 0 saturated carbocycles. The minimum absolute atomic E-state index is 0.00324. The van der Waals surface area contributed by atoms with Gasteiger partial charge in [-0.1, -0.05) is 27.5 Å². The number of phenolic OH excluding ortho intramolecular Hbond substituents is 1. The molecule has 2 aromatic rings. The van der Waals surface area contributed by atoms with Gasteiger partial charge in [-0.3, -0.25) is 4.79 Å². The van der Waals surface area contributed by atoms with Gasteiger partial charge in [0.15, 0.2) is 0 Å². The van der Waals surface area contributed by atoms with E-state index in [0.29, 0.717) is 10.2 Å². The number of hydrogen-bond donors (Lipinski definition) is 2. The van der Waals surface area contributed by atoms with Crippen molar-refractivity contribution in [3.8, 4) is 5.75 Å². The summed E-state index contributed by atoms with van der Waals surface area (Å²) >= 11 is 8.98. The number of rotatable bonds is 2. The van der Waals surface area contributed by atoms with E-state index in [2.05, 4.69) is 21.2 Å². The summed E-state index contributed by atoms with van der Waals surface area (Å²) in [5, 5.41) is 11.9. The first-order valence-electron chi connectivity index (χ1n) is 5.21. The quantitative estimate of drug-likeness (QED) is 0.802. The lowest BCUT2D eigenvalue weighted by Gasteiger charge is -2.08. The summed E-state index contributed by atoms with van der Waals surface area (Å²) in [5.74, 6) is -1.01. The number of aromatic hydroxyl groups is 1. The minimum Gasteiger partial charge on any atom is -0.508 e. The Kier molecular flexibility index (Phi) is 4.07. The summed E-state index contributed by atoms with van der Waals surface area (Å²) in [4.78, 5) is 11.9. The van der Waals surface area contributed by atoms with Gasteiger partial charge in [0.2, 0.25) is 0 Å². The summed E-state index contributed by atoms with van der Waals surface area (Å²) in [5.41, 5.74) is 0.501.